The van der Waals surface area contributed by atoms with E-state index < -0.39 is 11.9 Å². The molecule has 0 bridgehead atoms. The molecule has 5 nitrogen and oxygen atoms in total. The molecule has 0 radical (unpaired) electrons. The highest BCUT2D eigenvalue weighted by molar-refractivity contribution is 5.71. The van der Waals surface area contributed by atoms with Crippen LogP contribution < -0.4 is 0 Å². The van der Waals surface area contributed by atoms with Crippen LogP contribution in [0.15, 0.2) is 0 Å². The number of carboxylic acid groups (broad SMARTS) is 1. The number of hydrogen-bond acceptors (Lipinski definition) is 4. The quantitative estimate of drug-likeness (QED) is 0.739. The van der Waals surface area contributed by atoms with Crippen molar-refractivity contribution in [2.24, 2.45) is 11.8 Å². The number of rotatable bonds is 7. The minimum absolute atomic E-state index is 0.101. The number of carbonyl (C=O) groups is 1. The standard InChI is InChI=1S/C15H27NO4/c1-2-16(14-10-20-9-13(14)15(18)19)8-12(17)7-11-5-3-4-6-11/h11-14,17H,2-10H2,1H3,(H,18,19). The summed E-state index contributed by atoms with van der Waals surface area (Å²) in [6, 6.07) is -0.101. The topological polar surface area (TPSA) is 70.0 Å². The van der Waals surface area contributed by atoms with Crippen molar-refractivity contribution in [3.8, 4) is 0 Å². The van der Waals surface area contributed by atoms with E-state index >= 15 is 0 Å². The maximum absolute atomic E-state index is 11.2. The summed E-state index contributed by atoms with van der Waals surface area (Å²) >= 11 is 0. The Morgan fingerprint density at radius 2 is 2.05 bits per heavy atom. The summed E-state index contributed by atoms with van der Waals surface area (Å²) in [5.74, 6) is -0.608. The number of carboxylic acids is 1. The predicted octanol–water partition coefficient (Wildman–Crippen LogP) is 1.35. The summed E-state index contributed by atoms with van der Waals surface area (Å²) in [5, 5.41) is 19.5. The molecule has 116 valence electrons. The van der Waals surface area contributed by atoms with Crippen molar-refractivity contribution in [1.29, 1.82) is 0 Å². The molecule has 2 rings (SSSR count). The van der Waals surface area contributed by atoms with Crippen LogP contribution in [0.4, 0.5) is 0 Å². The maximum Gasteiger partial charge on any atom is 0.310 e. The fourth-order valence-electron chi connectivity index (χ4n) is 3.61. The number of nitrogens with zero attached hydrogens (tertiary/aromatic N) is 1. The average Bonchev–Trinajstić information content (AvgIpc) is 3.06. The van der Waals surface area contributed by atoms with Gasteiger partial charge in [0.05, 0.1) is 25.2 Å². The second kappa shape index (κ2) is 7.38. The molecule has 1 heterocycles. The van der Waals surface area contributed by atoms with Gasteiger partial charge in [0, 0.05) is 12.6 Å². The highest BCUT2D eigenvalue weighted by Gasteiger charge is 2.38. The van der Waals surface area contributed by atoms with Crippen molar-refractivity contribution in [1.82, 2.24) is 4.90 Å². The zero-order valence-electron chi connectivity index (χ0n) is 12.3. The monoisotopic (exact) mass is 285 g/mol. The number of aliphatic carboxylic acids is 1. The number of ether oxygens (including phenoxy) is 1. The van der Waals surface area contributed by atoms with Gasteiger partial charge < -0.3 is 14.9 Å². The van der Waals surface area contributed by atoms with Crippen molar-refractivity contribution in [3.63, 3.8) is 0 Å². The van der Waals surface area contributed by atoms with Crippen molar-refractivity contribution in [3.05, 3.63) is 0 Å². The van der Waals surface area contributed by atoms with E-state index in [2.05, 4.69) is 4.90 Å². The first kappa shape index (κ1) is 15.7. The molecule has 0 aromatic rings. The fourth-order valence-corrected chi connectivity index (χ4v) is 3.61. The highest BCUT2D eigenvalue weighted by Crippen LogP contribution is 2.29. The molecule has 2 aliphatic rings. The van der Waals surface area contributed by atoms with Gasteiger partial charge >= 0.3 is 5.97 Å². The van der Waals surface area contributed by atoms with E-state index in [1.54, 1.807) is 0 Å². The van der Waals surface area contributed by atoms with E-state index in [4.69, 9.17) is 4.74 Å². The summed E-state index contributed by atoms with van der Waals surface area (Å²) in [6.07, 6.45) is 5.52. The molecule has 0 aromatic heterocycles. The summed E-state index contributed by atoms with van der Waals surface area (Å²) in [6.45, 7) is 4.07. The van der Waals surface area contributed by atoms with E-state index in [1.165, 1.54) is 25.7 Å². The third-order valence-corrected chi connectivity index (χ3v) is 4.77. The van der Waals surface area contributed by atoms with Crippen LogP contribution in [0.5, 0.6) is 0 Å². The van der Waals surface area contributed by atoms with Crippen LogP contribution in [-0.4, -0.2) is 59.5 Å². The lowest BCUT2D eigenvalue weighted by Crippen LogP contribution is -2.46. The Hall–Kier alpha value is -0.650. The molecule has 1 saturated heterocycles. The maximum atomic E-state index is 11.2. The Kier molecular flexibility index (Phi) is 5.81. The van der Waals surface area contributed by atoms with Crippen LogP contribution in [0.1, 0.15) is 39.0 Å². The van der Waals surface area contributed by atoms with E-state index in [9.17, 15) is 15.0 Å². The lowest BCUT2D eigenvalue weighted by Gasteiger charge is -2.31. The van der Waals surface area contributed by atoms with Gasteiger partial charge in [0.15, 0.2) is 0 Å². The smallest absolute Gasteiger partial charge is 0.310 e. The van der Waals surface area contributed by atoms with Gasteiger partial charge in [-0.2, -0.15) is 0 Å². The molecule has 1 saturated carbocycles. The highest BCUT2D eigenvalue weighted by atomic mass is 16.5. The normalized spacial score (nSPS) is 29.1. The SMILES string of the molecule is CCN(CC(O)CC1CCCC1)C1COCC1C(=O)O. The molecular weight excluding hydrogens is 258 g/mol. The lowest BCUT2D eigenvalue weighted by atomic mass is 9.98. The van der Waals surface area contributed by atoms with Crippen LogP contribution in [0.2, 0.25) is 0 Å². The molecule has 0 aromatic carbocycles. The van der Waals surface area contributed by atoms with E-state index in [-0.39, 0.29) is 18.8 Å². The Balaban J connectivity index is 1.85. The lowest BCUT2D eigenvalue weighted by molar-refractivity contribution is -0.143. The Labute approximate surface area is 120 Å². The molecule has 3 atom stereocenters. The molecule has 2 fully saturated rings. The molecule has 0 amide bonds. The number of aliphatic hydroxyl groups excluding tert-OH is 1. The third-order valence-electron chi connectivity index (χ3n) is 4.77. The molecule has 20 heavy (non-hydrogen) atoms. The van der Waals surface area contributed by atoms with Crippen molar-refractivity contribution < 1.29 is 19.7 Å². The Bertz CT molecular complexity index is 317. The average molecular weight is 285 g/mol. The summed E-state index contributed by atoms with van der Waals surface area (Å²) in [4.78, 5) is 13.3. The molecular formula is C15H27NO4. The second-order valence-electron chi connectivity index (χ2n) is 6.18. The first-order chi connectivity index (χ1) is 9.61. The van der Waals surface area contributed by atoms with Crippen molar-refractivity contribution in [2.75, 3.05) is 26.3 Å². The van der Waals surface area contributed by atoms with Gasteiger partial charge in [-0.05, 0) is 18.9 Å². The molecule has 0 spiro atoms. The summed E-state index contributed by atoms with van der Waals surface area (Å²) in [5.41, 5.74) is 0. The largest absolute Gasteiger partial charge is 0.481 e. The van der Waals surface area contributed by atoms with E-state index in [0.29, 0.717) is 19.1 Å². The number of hydrogen-bond donors (Lipinski definition) is 2. The van der Waals surface area contributed by atoms with E-state index in [0.717, 1.165) is 13.0 Å². The predicted molar refractivity (Wildman–Crippen MR) is 75.6 cm³/mol. The van der Waals surface area contributed by atoms with Gasteiger partial charge in [-0.25, -0.2) is 0 Å². The van der Waals surface area contributed by atoms with Crippen LogP contribution in [0.3, 0.4) is 0 Å². The number of likely N-dealkylation sites (N-methyl/N-ethyl adjacent to an activating group) is 1. The van der Waals surface area contributed by atoms with Gasteiger partial charge in [-0.3, -0.25) is 9.69 Å². The Morgan fingerprint density at radius 1 is 1.35 bits per heavy atom. The minimum Gasteiger partial charge on any atom is -0.481 e. The van der Waals surface area contributed by atoms with Gasteiger partial charge in [0.1, 0.15) is 0 Å². The van der Waals surface area contributed by atoms with Crippen LogP contribution in [0, 0.1) is 11.8 Å². The molecule has 1 aliphatic carbocycles. The molecule has 3 unspecified atom stereocenters. The van der Waals surface area contributed by atoms with Gasteiger partial charge in [0.25, 0.3) is 0 Å². The number of aliphatic hydroxyl groups is 1. The molecule has 1 aliphatic heterocycles. The Morgan fingerprint density at radius 3 is 2.65 bits per heavy atom. The molecule has 2 N–H and O–H groups in total. The first-order valence-electron chi connectivity index (χ1n) is 7.84. The summed E-state index contributed by atoms with van der Waals surface area (Å²) in [7, 11) is 0. The van der Waals surface area contributed by atoms with Crippen LogP contribution in [-0.2, 0) is 9.53 Å². The van der Waals surface area contributed by atoms with Crippen molar-refractivity contribution in [2.45, 2.75) is 51.2 Å². The van der Waals surface area contributed by atoms with E-state index in [1.807, 2.05) is 6.92 Å². The van der Waals surface area contributed by atoms with Gasteiger partial charge in [-0.15, -0.1) is 0 Å². The second-order valence-corrected chi connectivity index (χ2v) is 6.18. The summed E-state index contributed by atoms with van der Waals surface area (Å²) < 4.78 is 5.32. The van der Waals surface area contributed by atoms with Crippen LogP contribution >= 0.6 is 0 Å². The van der Waals surface area contributed by atoms with Gasteiger partial charge in [0.2, 0.25) is 0 Å². The van der Waals surface area contributed by atoms with Crippen LogP contribution in [0.25, 0.3) is 0 Å². The first-order valence-corrected chi connectivity index (χ1v) is 7.84. The third kappa shape index (κ3) is 3.93. The fraction of sp³-hybridized carbons (Fsp3) is 0.933. The minimum atomic E-state index is -0.795. The van der Waals surface area contributed by atoms with Crippen molar-refractivity contribution >= 4 is 5.97 Å². The molecule has 5 heteroatoms. The van der Waals surface area contributed by atoms with Gasteiger partial charge in [-0.1, -0.05) is 32.6 Å². The zero-order chi connectivity index (χ0) is 14.5. The zero-order valence-corrected chi connectivity index (χ0v) is 12.3.